The van der Waals surface area contributed by atoms with Gasteiger partial charge >= 0.3 is 5.97 Å². The molecule has 0 amide bonds. The van der Waals surface area contributed by atoms with Gasteiger partial charge in [-0.1, -0.05) is 12.1 Å². The van der Waals surface area contributed by atoms with Crippen LogP contribution in [0.5, 0.6) is 5.75 Å². The number of methoxy groups -OCH3 is 1. The minimum absolute atomic E-state index is 0.229. The van der Waals surface area contributed by atoms with Gasteiger partial charge in [0.05, 0.1) is 7.11 Å². The Morgan fingerprint density at radius 2 is 1.96 bits per heavy atom. The topological polar surface area (TPSA) is 62.7 Å². The molecule has 0 saturated carbocycles. The molecule has 0 spiro atoms. The number of aromatic nitrogens is 1. The lowest BCUT2D eigenvalue weighted by molar-refractivity contribution is 0.0698. The van der Waals surface area contributed by atoms with Gasteiger partial charge in [0, 0.05) is 24.3 Å². The summed E-state index contributed by atoms with van der Waals surface area (Å²) >= 11 is 0. The zero-order chi connectivity index (χ0) is 17.0. The lowest BCUT2D eigenvalue weighted by atomic mass is 9.99. The van der Waals surface area contributed by atoms with E-state index >= 15 is 0 Å². The van der Waals surface area contributed by atoms with Crippen molar-refractivity contribution in [3.05, 3.63) is 41.6 Å². The molecule has 0 saturated heterocycles. The van der Waals surface area contributed by atoms with Gasteiger partial charge in [-0.3, -0.25) is 0 Å². The lowest BCUT2D eigenvalue weighted by Crippen LogP contribution is -2.26. The highest BCUT2D eigenvalue weighted by atomic mass is 16.5. The Labute approximate surface area is 136 Å². The van der Waals surface area contributed by atoms with Gasteiger partial charge in [0.2, 0.25) is 0 Å². The first-order chi connectivity index (χ1) is 11.0. The minimum Gasteiger partial charge on any atom is -0.497 e. The van der Waals surface area contributed by atoms with Crippen LogP contribution >= 0.6 is 0 Å². The Morgan fingerprint density at radius 1 is 1.26 bits per heavy atom. The van der Waals surface area contributed by atoms with Crippen LogP contribution in [-0.4, -0.2) is 36.3 Å². The first-order valence-electron chi connectivity index (χ1n) is 7.66. The molecular formula is C18H22N2O3. The number of rotatable bonds is 6. The molecule has 5 nitrogen and oxygen atoms in total. The van der Waals surface area contributed by atoms with E-state index in [0.717, 1.165) is 11.3 Å². The van der Waals surface area contributed by atoms with Crippen LogP contribution in [0, 0.1) is 6.92 Å². The molecule has 23 heavy (non-hydrogen) atoms. The van der Waals surface area contributed by atoms with Gasteiger partial charge in [-0.2, -0.15) is 0 Å². The minimum atomic E-state index is -0.975. The van der Waals surface area contributed by atoms with E-state index in [1.807, 2.05) is 56.0 Å². The first-order valence-corrected chi connectivity index (χ1v) is 7.66. The van der Waals surface area contributed by atoms with E-state index in [1.165, 1.54) is 0 Å². The number of aromatic carboxylic acids is 1. The first kappa shape index (κ1) is 16.8. The molecule has 0 fully saturated rings. The average Bonchev–Trinajstić information content (AvgIpc) is 2.55. The lowest BCUT2D eigenvalue weighted by Gasteiger charge is -2.23. The molecule has 5 heteroatoms. The van der Waals surface area contributed by atoms with E-state index in [-0.39, 0.29) is 5.56 Å². The average molecular weight is 314 g/mol. The van der Waals surface area contributed by atoms with Crippen LogP contribution in [0.2, 0.25) is 0 Å². The highest BCUT2D eigenvalue weighted by Gasteiger charge is 2.22. The third-order valence-corrected chi connectivity index (χ3v) is 3.79. The number of pyridine rings is 1. The predicted molar refractivity (Wildman–Crippen MR) is 91.5 cm³/mol. The normalized spacial score (nSPS) is 10.4. The smallest absolute Gasteiger partial charge is 0.340 e. The van der Waals surface area contributed by atoms with Gasteiger partial charge < -0.3 is 14.7 Å². The molecule has 0 unspecified atom stereocenters. The fraction of sp³-hybridized carbons (Fsp3) is 0.333. The summed E-state index contributed by atoms with van der Waals surface area (Å²) in [4.78, 5) is 18.4. The van der Waals surface area contributed by atoms with Crippen molar-refractivity contribution in [1.82, 2.24) is 4.98 Å². The number of carboxylic acid groups (broad SMARTS) is 1. The van der Waals surface area contributed by atoms with Crippen LogP contribution in [0.25, 0.3) is 11.1 Å². The highest BCUT2D eigenvalue weighted by molar-refractivity contribution is 6.01. The Kier molecular flexibility index (Phi) is 5.21. The second-order valence-corrected chi connectivity index (χ2v) is 5.22. The van der Waals surface area contributed by atoms with E-state index in [0.29, 0.717) is 30.2 Å². The fourth-order valence-corrected chi connectivity index (χ4v) is 2.64. The Hall–Kier alpha value is -2.56. The summed E-state index contributed by atoms with van der Waals surface area (Å²) in [6.45, 7) is 7.26. The maximum atomic E-state index is 11.9. The summed E-state index contributed by atoms with van der Waals surface area (Å²) < 4.78 is 5.25. The number of carboxylic acids is 1. The van der Waals surface area contributed by atoms with Gasteiger partial charge in [-0.25, -0.2) is 9.78 Å². The second-order valence-electron chi connectivity index (χ2n) is 5.22. The summed E-state index contributed by atoms with van der Waals surface area (Å²) in [5.74, 6) is 0.232. The zero-order valence-electron chi connectivity index (χ0n) is 14.0. The molecule has 0 aliphatic heterocycles. The SMILES string of the molecule is CCN(CC)c1nc(C)cc(-c2cccc(OC)c2)c1C(=O)O. The van der Waals surface area contributed by atoms with Crippen molar-refractivity contribution < 1.29 is 14.6 Å². The van der Waals surface area contributed by atoms with Crippen molar-refractivity contribution in [3.63, 3.8) is 0 Å². The van der Waals surface area contributed by atoms with Crippen molar-refractivity contribution in [2.24, 2.45) is 0 Å². The van der Waals surface area contributed by atoms with Crippen LogP contribution in [0.4, 0.5) is 5.82 Å². The number of carbonyl (C=O) groups is 1. The second kappa shape index (κ2) is 7.13. The van der Waals surface area contributed by atoms with E-state index in [2.05, 4.69) is 4.98 Å². The monoisotopic (exact) mass is 314 g/mol. The number of hydrogen-bond acceptors (Lipinski definition) is 4. The van der Waals surface area contributed by atoms with Crippen molar-refractivity contribution in [2.45, 2.75) is 20.8 Å². The summed E-state index contributed by atoms with van der Waals surface area (Å²) in [7, 11) is 1.59. The van der Waals surface area contributed by atoms with Gasteiger partial charge in [-0.15, -0.1) is 0 Å². The van der Waals surface area contributed by atoms with E-state index in [9.17, 15) is 9.90 Å². The molecule has 0 aliphatic rings. The van der Waals surface area contributed by atoms with Crippen molar-refractivity contribution in [1.29, 1.82) is 0 Å². The summed E-state index contributed by atoms with van der Waals surface area (Å²) in [6, 6.07) is 9.23. The fourth-order valence-electron chi connectivity index (χ4n) is 2.64. The van der Waals surface area contributed by atoms with Gasteiger partial charge in [-0.05, 0) is 44.5 Å². The number of hydrogen-bond donors (Lipinski definition) is 1. The van der Waals surface area contributed by atoms with Gasteiger partial charge in [0.15, 0.2) is 0 Å². The third-order valence-electron chi connectivity index (χ3n) is 3.79. The van der Waals surface area contributed by atoms with Crippen LogP contribution in [0.3, 0.4) is 0 Å². The highest BCUT2D eigenvalue weighted by Crippen LogP contribution is 2.32. The van der Waals surface area contributed by atoms with Crippen LogP contribution in [-0.2, 0) is 0 Å². The van der Waals surface area contributed by atoms with Crippen molar-refractivity contribution in [3.8, 4) is 16.9 Å². The molecule has 2 rings (SSSR count). The quantitative estimate of drug-likeness (QED) is 0.882. The molecule has 0 bridgehead atoms. The molecule has 1 N–H and O–H groups in total. The maximum absolute atomic E-state index is 11.9. The number of benzene rings is 1. The molecule has 122 valence electrons. The summed E-state index contributed by atoms with van der Waals surface area (Å²) in [5, 5.41) is 9.77. The van der Waals surface area contributed by atoms with Crippen LogP contribution in [0.15, 0.2) is 30.3 Å². The van der Waals surface area contributed by atoms with Gasteiger partial charge in [0.1, 0.15) is 17.1 Å². The largest absolute Gasteiger partial charge is 0.497 e. The molecular weight excluding hydrogens is 292 g/mol. The van der Waals surface area contributed by atoms with Crippen molar-refractivity contribution >= 4 is 11.8 Å². The summed E-state index contributed by atoms with van der Waals surface area (Å²) in [6.07, 6.45) is 0. The Morgan fingerprint density at radius 3 is 2.52 bits per heavy atom. The molecule has 0 radical (unpaired) electrons. The molecule has 1 heterocycles. The standard InChI is InChI=1S/C18H22N2O3/c1-5-20(6-2)17-16(18(21)22)15(10-12(3)19-17)13-8-7-9-14(11-13)23-4/h7-11H,5-6H2,1-4H3,(H,21,22). The number of nitrogens with zero attached hydrogens (tertiary/aromatic N) is 2. The number of ether oxygens (including phenoxy) is 1. The van der Waals surface area contributed by atoms with E-state index in [4.69, 9.17) is 4.74 Å². The Bertz CT molecular complexity index is 709. The van der Waals surface area contributed by atoms with E-state index in [1.54, 1.807) is 7.11 Å². The van der Waals surface area contributed by atoms with Gasteiger partial charge in [0.25, 0.3) is 0 Å². The van der Waals surface area contributed by atoms with E-state index < -0.39 is 5.97 Å². The Balaban J connectivity index is 2.73. The molecule has 2 aromatic rings. The predicted octanol–water partition coefficient (Wildman–Crippen LogP) is 3.61. The third kappa shape index (κ3) is 3.44. The molecule has 0 atom stereocenters. The maximum Gasteiger partial charge on any atom is 0.340 e. The number of anilines is 1. The molecule has 1 aromatic carbocycles. The molecule has 1 aromatic heterocycles. The van der Waals surface area contributed by atoms with Crippen LogP contribution < -0.4 is 9.64 Å². The number of aryl methyl sites for hydroxylation is 1. The zero-order valence-corrected chi connectivity index (χ0v) is 14.0. The summed E-state index contributed by atoms with van der Waals surface area (Å²) in [5.41, 5.74) is 2.48. The van der Waals surface area contributed by atoms with Crippen molar-refractivity contribution in [2.75, 3.05) is 25.1 Å². The van der Waals surface area contributed by atoms with Crippen LogP contribution in [0.1, 0.15) is 29.9 Å². The molecule has 0 aliphatic carbocycles.